The molecule has 2 aliphatic heterocycles. The Kier molecular flexibility index (Phi) is 2.94. The molecule has 2 nitrogen and oxygen atoms in total. The van der Waals surface area contributed by atoms with E-state index < -0.39 is 0 Å². The number of piperidine rings is 1. The van der Waals surface area contributed by atoms with E-state index in [2.05, 4.69) is 5.32 Å². The standard InChI is InChI=1S/C15H18FNO/c1-9-3-2-4-13(14(9)16)15(18)10-7-11-5-6-12(8-10)17-11/h2-4,10-12,17H,5-8H2,1H3. The van der Waals surface area contributed by atoms with Crippen LogP contribution >= 0.6 is 0 Å². The summed E-state index contributed by atoms with van der Waals surface area (Å²) in [5, 5.41) is 3.51. The van der Waals surface area contributed by atoms with Gasteiger partial charge in [-0.1, -0.05) is 12.1 Å². The van der Waals surface area contributed by atoms with E-state index >= 15 is 0 Å². The average Bonchev–Trinajstić information content (AvgIpc) is 2.71. The number of halogens is 1. The van der Waals surface area contributed by atoms with Crippen molar-refractivity contribution in [1.82, 2.24) is 5.32 Å². The summed E-state index contributed by atoms with van der Waals surface area (Å²) in [5.74, 6) is -0.344. The number of aryl methyl sites for hydroxylation is 1. The van der Waals surface area contributed by atoms with Crippen molar-refractivity contribution in [2.24, 2.45) is 5.92 Å². The second kappa shape index (κ2) is 4.47. The highest BCUT2D eigenvalue weighted by molar-refractivity contribution is 5.98. The van der Waals surface area contributed by atoms with Crippen LogP contribution in [0.5, 0.6) is 0 Å². The molecule has 1 N–H and O–H groups in total. The van der Waals surface area contributed by atoms with Gasteiger partial charge in [-0.05, 0) is 44.2 Å². The first-order chi connectivity index (χ1) is 8.65. The predicted molar refractivity (Wildman–Crippen MR) is 68.1 cm³/mol. The molecule has 3 rings (SSSR count). The second-order valence-electron chi connectivity index (χ2n) is 5.61. The van der Waals surface area contributed by atoms with Crippen molar-refractivity contribution < 1.29 is 9.18 Å². The SMILES string of the molecule is Cc1cccc(C(=O)C2CC3CCC(C2)N3)c1F. The molecular formula is C15H18FNO. The van der Waals surface area contributed by atoms with Crippen LogP contribution < -0.4 is 5.32 Å². The second-order valence-corrected chi connectivity index (χ2v) is 5.61. The molecule has 2 bridgehead atoms. The summed E-state index contributed by atoms with van der Waals surface area (Å²) < 4.78 is 14.0. The number of Topliss-reactive ketones (excluding diaryl/α,β-unsaturated/α-hetero) is 1. The fourth-order valence-corrected chi connectivity index (χ4v) is 3.33. The van der Waals surface area contributed by atoms with Crippen LogP contribution in [0, 0.1) is 18.7 Å². The van der Waals surface area contributed by atoms with E-state index in [1.807, 2.05) is 0 Å². The highest BCUT2D eigenvalue weighted by Gasteiger charge is 2.37. The molecule has 2 fully saturated rings. The minimum absolute atomic E-state index is 0.0000463. The molecule has 0 radical (unpaired) electrons. The maximum Gasteiger partial charge on any atom is 0.169 e. The monoisotopic (exact) mass is 247 g/mol. The van der Waals surface area contributed by atoms with Gasteiger partial charge in [-0.2, -0.15) is 0 Å². The largest absolute Gasteiger partial charge is 0.311 e. The van der Waals surface area contributed by atoms with Crippen molar-refractivity contribution in [3.63, 3.8) is 0 Å². The molecule has 0 spiro atoms. The van der Waals surface area contributed by atoms with Gasteiger partial charge in [0.2, 0.25) is 0 Å². The van der Waals surface area contributed by atoms with Gasteiger partial charge in [-0.3, -0.25) is 4.79 Å². The van der Waals surface area contributed by atoms with E-state index in [1.54, 1.807) is 25.1 Å². The Morgan fingerprint density at radius 3 is 2.61 bits per heavy atom. The zero-order valence-electron chi connectivity index (χ0n) is 10.6. The highest BCUT2D eigenvalue weighted by Crippen LogP contribution is 2.33. The number of hydrogen-bond donors (Lipinski definition) is 1. The Labute approximate surface area is 107 Å². The number of ketones is 1. The molecule has 1 aromatic rings. The van der Waals surface area contributed by atoms with E-state index in [4.69, 9.17) is 0 Å². The molecule has 2 atom stereocenters. The molecule has 18 heavy (non-hydrogen) atoms. The van der Waals surface area contributed by atoms with Gasteiger partial charge in [0.25, 0.3) is 0 Å². The summed E-state index contributed by atoms with van der Waals surface area (Å²) in [4.78, 5) is 12.4. The molecule has 2 heterocycles. The molecule has 3 heteroatoms. The molecule has 0 amide bonds. The summed E-state index contributed by atoms with van der Waals surface area (Å²) >= 11 is 0. The minimum atomic E-state index is -0.339. The Bertz CT molecular complexity index is 473. The van der Waals surface area contributed by atoms with Gasteiger partial charge in [0, 0.05) is 18.0 Å². The van der Waals surface area contributed by atoms with Crippen LogP contribution in [-0.4, -0.2) is 17.9 Å². The van der Waals surface area contributed by atoms with E-state index in [9.17, 15) is 9.18 Å². The van der Waals surface area contributed by atoms with Crippen molar-refractivity contribution in [2.75, 3.05) is 0 Å². The summed E-state index contributed by atoms with van der Waals surface area (Å²) in [6, 6.07) is 6.02. The van der Waals surface area contributed by atoms with Crippen molar-refractivity contribution in [2.45, 2.75) is 44.7 Å². The molecule has 2 unspecified atom stereocenters. The zero-order valence-corrected chi connectivity index (χ0v) is 10.6. The van der Waals surface area contributed by atoms with Crippen molar-refractivity contribution >= 4 is 5.78 Å². The molecule has 0 aromatic heterocycles. The quantitative estimate of drug-likeness (QED) is 0.814. The highest BCUT2D eigenvalue weighted by atomic mass is 19.1. The molecule has 0 aliphatic carbocycles. The molecule has 0 saturated carbocycles. The topological polar surface area (TPSA) is 29.1 Å². The van der Waals surface area contributed by atoms with Gasteiger partial charge < -0.3 is 5.32 Å². The number of nitrogens with one attached hydrogen (secondary N) is 1. The van der Waals surface area contributed by atoms with E-state index in [1.165, 1.54) is 0 Å². The van der Waals surface area contributed by atoms with Gasteiger partial charge >= 0.3 is 0 Å². The first-order valence-corrected chi connectivity index (χ1v) is 6.70. The number of rotatable bonds is 2. The lowest BCUT2D eigenvalue weighted by atomic mass is 9.85. The van der Waals surface area contributed by atoms with Crippen LogP contribution in [0.3, 0.4) is 0 Å². The third-order valence-corrected chi connectivity index (χ3v) is 4.30. The third kappa shape index (κ3) is 1.97. The average molecular weight is 247 g/mol. The van der Waals surface area contributed by atoms with Crippen LogP contribution in [0.15, 0.2) is 18.2 Å². The maximum absolute atomic E-state index is 14.0. The Balaban J connectivity index is 1.84. The Hall–Kier alpha value is -1.22. The fraction of sp³-hybridized carbons (Fsp3) is 0.533. The number of fused-ring (bicyclic) bond motifs is 2. The summed E-state index contributed by atoms with van der Waals surface area (Å²) in [5.41, 5.74) is 0.832. The first-order valence-electron chi connectivity index (χ1n) is 6.70. The fourth-order valence-electron chi connectivity index (χ4n) is 3.33. The van der Waals surface area contributed by atoms with Gasteiger partial charge in [-0.25, -0.2) is 4.39 Å². The normalized spacial score (nSPS) is 30.4. The van der Waals surface area contributed by atoms with Crippen molar-refractivity contribution in [3.8, 4) is 0 Å². The van der Waals surface area contributed by atoms with Gasteiger partial charge in [0.05, 0.1) is 5.56 Å². The molecule has 96 valence electrons. The van der Waals surface area contributed by atoms with Crippen molar-refractivity contribution in [1.29, 1.82) is 0 Å². The summed E-state index contributed by atoms with van der Waals surface area (Å²) in [6.45, 7) is 1.71. The van der Waals surface area contributed by atoms with Gasteiger partial charge in [0.15, 0.2) is 5.78 Å². The maximum atomic E-state index is 14.0. The van der Waals surface area contributed by atoms with Crippen LogP contribution in [-0.2, 0) is 0 Å². The van der Waals surface area contributed by atoms with Crippen LogP contribution in [0.2, 0.25) is 0 Å². The lowest BCUT2D eigenvalue weighted by Gasteiger charge is -2.28. The zero-order chi connectivity index (χ0) is 12.7. The van der Waals surface area contributed by atoms with E-state index in [0.29, 0.717) is 17.6 Å². The number of carbonyl (C=O) groups excluding carboxylic acids is 1. The van der Waals surface area contributed by atoms with Gasteiger partial charge in [-0.15, -0.1) is 0 Å². The number of carbonyl (C=O) groups is 1. The molecule has 1 aromatic carbocycles. The summed E-state index contributed by atoms with van der Waals surface area (Å²) in [6.07, 6.45) is 4.04. The lowest BCUT2D eigenvalue weighted by Crippen LogP contribution is -2.40. The van der Waals surface area contributed by atoms with E-state index in [-0.39, 0.29) is 23.1 Å². The number of benzene rings is 1. The Morgan fingerprint density at radius 2 is 1.94 bits per heavy atom. The van der Waals surface area contributed by atoms with Crippen molar-refractivity contribution in [3.05, 3.63) is 35.1 Å². The molecular weight excluding hydrogens is 229 g/mol. The smallest absolute Gasteiger partial charge is 0.169 e. The third-order valence-electron chi connectivity index (χ3n) is 4.30. The lowest BCUT2D eigenvalue weighted by molar-refractivity contribution is 0.0871. The minimum Gasteiger partial charge on any atom is -0.311 e. The summed E-state index contributed by atoms with van der Waals surface area (Å²) in [7, 11) is 0. The van der Waals surface area contributed by atoms with E-state index in [0.717, 1.165) is 25.7 Å². The number of hydrogen-bond acceptors (Lipinski definition) is 2. The molecule has 2 saturated heterocycles. The predicted octanol–water partition coefficient (Wildman–Crippen LogP) is 2.85. The van der Waals surface area contributed by atoms with Crippen LogP contribution in [0.1, 0.15) is 41.6 Å². The molecule has 2 aliphatic rings. The van der Waals surface area contributed by atoms with Crippen LogP contribution in [0.25, 0.3) is 0 Å². The van der Waals surface area contributed by atoms with Crippen LogP contribution in [0.4, 0.5) is 4.39 Å². The van der Waals surface area contributed by atoms with Gasteiger partial charge in [0.1, 0.15) is 5.82 Å². The first kappa shape index (κ1) is 11.8. The Morgan fingerprint density at radius 1 is 1.28 bits per heavy atom.